The molecule has 3 N–H and O–H groups in total. The molecule has 0 aliphatic heterocycles. The first kappa shape index (κ1) is 15.2. The molecule has 0 radical (unpaired) electrons. The topological polar surface area (TPSA) is 52.5 Å². The molecule has 102 valence electrons. The summed E-state index contributed by atoms with van der Waals surface area (Å²) in [7, 11) is 0. The van der Waals surface area contributed by atoms with Crippen LogP contribution >= 0.6 is 0 Å². The van der Waals surface area contributed by atoms with E-state index in [0.717, 1.165) is 19.4 Å². The molecule has 0 aliphatic rings. The maximum absolute atomic E-state index is 9.16. The smallest absolute Gasteiger partial charge is 0.0894 e. The molecular formula is C15H25NO2. The highest BCUT2D eigenvalue weighted by Crippen LogP contribution is 2.09. The predicted octanol–water partition coefficient (Wildman–Crippen LogP) is 1.37. The zero-order valence-electron chi connectivity index (χ0n) is 11.4. The van der Waals surface area contributed by atoms with Crippen LogP contribution in [0.25, 0.3) is 0 Å². The van der Waals surface area contributed by atoms with Crippen molar-refractivity contribution in [3.8, 4) is 0 Å². The van der Waals surface area contributed by atoms with E-state index in [4.69, 9.17) is 10.2 Å². The van der Waals surface area contributed by atoms with Crippen LogP contribution in [0.4, 0.5) is 0 Å². The number of hydrogen-bond acceptors (Lipinski definition) is 3. The third-order valence-electron chi connectivity index (χ3n) is 2.85. The summed E-state index contributed by atoms with van der Waals surface area (Å²) < 4.78 is 0. The Morgan fingerprint density at radius 1 is 1.11 bits per heavy atom. The van der Waals surface area contributed by atoms with Crippen molar-refractivity contribution in [2.75, 3.05) is 19.7 Å². The standard InChI is InChI=1S/C15H25NO2/c1-12(2)9-14-5-3-13(4-6-14)7-8-16-10-15(18)11-17/h3-6,12,15-18H,7-11H2,1-2H3. The molecule has 0 aliphatic carbocycles. The van der Waals surface area contributed by atoms with E-state index in [1.165, 1.54) is 11.1 Å². The van der Waals surface area contributed by atoms with Gasteiger partial charge in [-0.05, 0) is 36.4 Å². The summed E-state index contributed by atoms with van der Waals surface area (Å²) in [5, 5.41) is 20.9. The molecule has 3 nitrogen and oxygen atoms in total. The minimum atomic E-state index is -0.654. The SMILES string of the molecule is CC(C)Cc1ccc(CCNCC(O)CO)cc1. The van der Waals surface area contributed by atoms with Gasteiger partial charge in [0, 0.05) is 6.54 Å². The summed E-state index contributed by atoms with van der Waals surface area (Å²) >= 11 is 0. The average molecular weight is 251 g/mol. The summed E-state index contributed by atoms with van der Waals surface area (Å²) in [6, 6.07) is 8.72. The normalized spacial score (nSPS) is 12.9. The number of aliphatic hydroxyl groups is 2. The highest BCUT2D eigenvalue weighted by Gasteiger charge is 2.01. The van der Waals surface area contributed by atoms with Gasteiger partial charge in [0.15, 0.2) is 0 Å². The lowest BCUT2D eigenvalue weighted by Crippen LogP contribution is -2.30. The van der Waals surface area contributed by atoms with E-state index >= 15 is 0 Å². The first-order chi connectivity index (χ1) is 8.61. The fourth-order valence-corrected chi connectivity index (χ4v) is 1.88. The van der Waals surface area contributed by atoms with Gasteiger partial charge < -0.3 is 15.5 Å². The second kappa shape index (κ2) is 8.25. The zero-order chi connectivity index (χ0) is 13.4. The van der Waals surface area contributed by atoms with Crippen LogP contribution in [0.2, 0.25) is 0 Å². The van der Waals surface area contributed by atoms with E-state index in [1.807, 2.05) is 0 Å². The first-order valence-corrected chi connectivity index (χ1v) is 6.69. The molecule has 0 heterocycles. The van der Waals surface area contributed by atoms with Crippen molar-refractivity contribution in [3.05, 3.63) is 35.4 Å². The van der Waals surface area contributed by atoms with Crippen molar-refractivity contribution in [1.29, 1.82) is 0 Å². The molecule has 0 saturated carbocycles. The third kappa shape index (κ3) is 6.15. The van der Waals surface area contributed by atoms with Crippen molar-refractivity contribution in [2.45, 2.75) is 32.8 Å². The van der Waals surface area contributed by atoms with Crippen LogP contribution in [0.5, 0.6) is 0 Å². The Morgan fingerprint density at radius 2 is 1.72 bits per heavy atom. The summed E-state index contributed by atoms with van der Waals surface area (Å²) in [4.78, 5) is 0. The number of nitrogens with one attached hydrogen (secondary N) is 1. The highest BCUT2D eigenvalue weighted by molar-refractivity contribution is 5.23. The van der Waals surface area contributed by atoms with Crippen molar-refractivity contribution in [3.63, 3.8) is 0 Å². The average Bonchev–Trinajstić information content (AvgIpc) is 2.35. The van der Waals surface area contributed by atoms with Crippen LogP contribution in [0.3, 0.4) is 0 Å². The third-order valence-corrected chi connectivity index (χ3v) is 2.85. The molecule has 0 spiro atoms. The van der Waals surface area contributed by atoms with E-state index in [-0.39, 0.29) is 6.61 Å². The summed E-state index contributed by atoms with van der Waals surface area (Å²) in [6.07, 6.45) is 1.42. The van der Waals surface area contributed by atoms with Crippen molar-refractivity contribution >= 4 is 0 Å². The Kier molecular flexibility index (Phi) is 6.94. The predicted molar refractivity (Wildman–Crippen MR) is 74.7 cm³/mol. The number of benzene rings is 1. The molecule has 0 fully saturated rings. The Morgan fingerprint density at radius 3 is 2.28 bits per heavy atom. The maximum Gasteiger partial charge on any atom is 0.0894 e. The fraction of sp³-hybridized carbons (Fsp3) is 0.600. The highest BCUT2D eigenvalue weighted by atomic mass is 16.3. The molecule has 0 saturated heterocycles. The first-order valence-electron chi connectivity index (χ1n) is 6.69. The molecule has 0 bridgehead atoms. The quantitative estimate of drug-likeness (QED) is 0.612. The van der Waals surface area contributed by atoms with Gasteiger partial charge >= 0.3 is 0 Å². The zero-order valence-corrected chi connectivity index (χ0v) is 11.4. The van der Waals surface area contributed by atoms with Crippen LogP contribution in [0.1, 0.15) is 25.0 Å². The molecule has 3 heteroatoms. The second-order valence-electron chi connectivity index (χ2n) is 5.20. The largest absolute Gasteiger partial charge is 0.394 e. The van der Waals surface area contributed by atoms with Gasteiger partial charge in [0.2, 0.25) is 0 Å². The lowest BCUT2D eigenvalue weighted by atomic mass is 10.0. The lowest BCUT2D eigenvalue weighted by molar-refractivity contribution is 0.0947. The van der Waals surface area contributed by atoms with Crippen LogP contribution in [-0.4, -0.2) is 36.0 Å². The second-order valence-corrected chi connectivity index (χ2v) is 5.20. The molecule has 0 aromatic heterocycles. The van der Waals surface area contributed by atoms with Gasteiger partial charge in [-0.3, -0.25) is 0 Å². The number of aliphatic hydroxyl groups excluding tert-OH is 2. The molecule has 0 amide bonds. The molecule has 1 rings (SSSR count). The minimum absolute atomic E-state index is 0.184. The Hall–Kier alpha value is -0.900. The molecule has 1 unspecified atom stereocenters. The van der Waals surface area contributed by atoms with Gasteiger partial charge in [-0.15, -0.1) is 0 Å². The van der Waals surface area contributed by atoms with E-state index in [0.29, 0.717) is 12.5 Å². The Bertz CT molecular complexity index is 322. The summed E-state index contributed by atoms with van der Waals surface area (Å²) in [5.41, 5.74) is 2.69. The lowest BCUT2D eigenvalue weighted by Gasteiger charge is -2.09. The maximum atomic E-state index is 9.16. The summed E-state index contributed by atoms with van der Waals surface area (Å²) in [6.45, 7) is 5.54. The van der Waals surface area contributed by atoms with E-state index in [1.54, 1.807) is 0 Å². The molecule has 1 aromatic carbocycles. The molecular weight excluding hydrogens is 226 g/mol. The molecule has 1 aromatic rings. The number of hydrogen-bond donors (Lipinski definition) is 3. The van der Waals surface area contributed by atoms with Crippen molar-refractivity contribution in [1.82, 2.24) is 5.32 Å². The van der Waals surface area contributed by atoms with Gasteiger partial charge in [-0.1, -0.05) is 38.1 Å². The van der Waals surface area contributed by atoms with E-state index in [9.17, 15) is 0 Å². The van der Waals surface area contributed by atoms with E-state index in [2.05, 4.69) is 43.4 Å². The molecule has 1 atom stereocenters. The summed E-state index contributed by atoms with van der Waals surface area (Å²) in [5.74, 6) is 0.692. The van der Waals surface area contributed by atoms with Crippen molar-refractivity contribution < 1.29 is 10.2 Å². The van der Waals surface area contributed by atoms with E-state index < -0.39 is 6.10 Å². The van der Waals surface area contributed by atoms with Crippen LogP contribution in [0, 0.1) is 5.92 Å². The molecule has 18 heavy (non-hydrogen) atoms. The fourth-order valence-electron chi connectivity index (χ4n) is 1.88. The number of rotatable bonds is 8. The van der Waals surface area contributed by atoms with Crippen LogP contribution < -0.4 is 5.32 Å². The Balaban J connectivity index is 2.26. The van der Waals surface area contributed by atoms with Gasteiger partial charge in [0.05, 0.1) is 12.7 Å². The van der Waals surface area contributed by atoms with Gasteiger partial charge in [0.25, 0.3) is 0 Å². The van der Waals surface area contributed by atoms with Gasteiger partial charge in [-0.25, -0.2) is 0 Å². The van der Waals surface area contributed by atoms with Gasteiger partial charge in [0.1, 0.15) is 0 Å². The van der Waals surface area contributed by atoms with Crippen LogP contribution in [0.15, 0.2) is 24.3 Å². The monoisotopic (exact) mass is 251 g/mol. The Labute approximate surface area is 110 Å². The van der Waals surface area contributed by atoms with Crippen LogP contribution in [-0.2, 0) is 12.8 Å². The van der Waals surface area contributed by atoms with Gasteiger partial charge in [-0.2, -0.15) is 0 Å². The van der Waals surface area contributed by atoms with Crippen molar-refractivity contribution in [2.24, 2.45) is 5.92 Å². The minimum Gasteiger partial charge on any atom is -0.394 e.